The summed E-state index contributed by atoms with van der Waals surface area (Å²) in [5, 5.41) is 2.71. The van der Waals surface area contributed by atoms with E-state index >= 15 is 0 Å². The maximum Gasteiger partial charge on any atom is 0.350 e. The highest BCUT2D eigenvalue weighted by Crippen LogP contribution is 2.49. The summed E-state index contributed by atoms with van der Waals surface area (Å²) in [6.07, 6.45) is 5.22. The van der Waals surface area contributed by atoms with Crippen LogP contribution in [0.5, 0.6) is 0 Å². The predicted octanol–water partition coefficient (Wildman–Crippen LogP) is 4.90. The minimum Gasteiger partial charge on any atom is -0.462 e. The molecule has 3 atom stereocenters. The van der Waals surface area contributed by atoms with Crippen LogP contribution in [-0.2, 0) is 19.1 Å². The maximum atomic E-state index is 12.4. The monoisotopic (exact) mass is 441 g/mol. The van der Waals surface area contributed by atoms with Gasteiger partial charge >= 0.3 is 11.9 Å². The molecule has 1 N–H and O–H groups in total. The van der Waals surface area contributed by atoms with Crippen LogP contribution in [0.2, 0.25) is 0 Å². The van der Waals surface area contributed by atoms with Gasteiger partial charge in [0.25, 0.3) is 5.91 Å². The number of thiophene rings is 1. The zero-order valence-electron chi connectivity index (χ0n) is 17.6. The number of carbonyl (C=O) groups excluding carboxylic acids is 3. The van der Waals surface area contributed by atoms with Gasteiger partial charge in [0.05, 0.1) is 12.3 Å². The molecule has 2 aliphatic rings. The van der Waals surface area contributed by atoms with Gasteiger partial charge in [-0.25, -0.2) is 4.79 Å². The molecule has 0 saturated heterocycles. The molecule has 0 aliphatic heterocycles. The number of rotatable bonds is 8. The molecule has 1 amide bonds. The molecule has 0 spiro atoms. The van der Waals surface area contributed by atoms with Crippen LogP contribution in [0.25, 0.3) is 10.4 Å². The molecule has 2 saturated carbocycles. The zero-order chi connectivity index (χ0) is 21.8. The van der Waals surface area contributed by atoms with E-state index in [9.17, 15) is 14.4 Å². The highest BCUT2D eigenvalue weighted by molar-refractivity contribution is 7.18. The van der Waals surface area contributed by atoms with E-state index in [1.807, 2.05) is 30.3 Å². The van der Waals surface area contributed by atoms with Gasteiger partial charge in [0.1, 0.15) is 4.88 Å². The lowest BCUT2D eigenvalue weighted by atomic mass is 9.86. The average Bonchev–Trinajstić information content (AvgIpc) is 3.49. The van der Waals surface area contributed by atoms with Gasteiger partial charge in [0.2, 0.25) is 0 Å². The maximum absolute atomic E-state index is 12.4. The van der Waals surface area contributed by atoms with Crippen molar-refractivity contribution in [2.24, 2.45) is 17.8 Å². The van der Waals surface area contributed by atoms with Crippen LogP contribution >= 0.6 is 11.3 Å². The van der Waals surface area contributed by atoms with E-state index in [1.165, 1.54) is 30.6 Å². The molecule has 0 radical (unpaired) electrons. The lowest BCUT2D eigenvalue weighted by Gasteiger charge is -2.20. The molecule has 6 nitrogen and oxygen atoms in total. The Morgan fingerprint density at radius 3 is 2.58 bits per heavy atom. The zero-order valence-corrected chi connectivity index (χ0v) is 18.4. The fourth-order valence-corrected chi connectivity index (χ4v) is 5.82. The number of fused-ring (bicyclic) bond motifs is 2. The van der Waals surface area contributed by atoms with Crippen LogP contribution in [0.3, 0.4) is 0 Å². The Hall–Kier alpha value is -2.67. The van der Waals surface area contributed by atoms with Gasteiger partial charge in [-0.05, 0) is 55.6 Å². The molecule has 1 heterocycles. The number of benzene rings is 1. The standard InChI is InChI=1S/C24H27NO5S/c1-2-29-24(28)23-19(13-20(31-23)16-6-4-3-5-7-16)25-21(26)14-30-22(27)12-18-11-15-8-9-17(18)10-15/h3-7,13,15,17-18H,2,8-12,14H2,1H3,(H,25,26)/t15-,17+,18-/m0/s1. The quantitative estimate of drug-likeness (QED) is 0.589. The molecular formula is C24H27NO5S. The first-order valence-corrected chi connectivity index (χ1v) is 11.7. The van der Waals surface area contributed by atoms with Crippen molar-refractivity contribution in [2.45, 2.75) is 39.0 Å². The van der Waals surface area contributed by atoms with Crippen molar-refractivity contribution in [1.82, 2.24) is 0 Å². The summed E-state index contributed by atoms with van der Waals surface area (Å²) in [5.74, 6) is 0.525. The second-order valence-electron chi connectivity index (χ2n) is 8.29. The Morgan fingerprint density at radius 2 is 1.90 bits per heavy atom. The van der Waals surface area contributed by atoms with Crippen LogP contribution in [0, 0.1) is 17.8 Å². The van der Waals surface area contributed by atoms with Crippen LogP contribution in [0.15, 0.2) is 36.4 Å². The van der Waals surface area contributed by atoms with Gasteiger partial charge in [-0.3, -0.25) is 9.59 Å². The summed E-state index contributed by atoms with van der Waals surface area (Å²) >= 11 is 1.26. The highest BCUT2D eigenvalue weighted by Gasteiger charge is 2.40. The van der Waals surface area contributed by atoms with E-state index < -0.39 is 11.9 Å². The molecule has 2 aromatic rings. The fourth-order valence-electron chi connectivity index (χ4n) is 4.81. The summed E-state index contributed by atoms with van der Waals surface area (Å²) in [6.45, 7) is 1.61. The topological polar surface area (TPSA) is 81.7 Å². The number of hydrogen-bond acceptors (Lipinski definition) is 6. The van der Waals surface area contributed by atoms with Gasteiger partial charge in [-0.15, -0.1) is 11.3 Å². The SMILES string of the molecule is CCOC(=O)c1sc(-c2ccccc2)cc1NC(=O)COC(=O)C[C@@H]1C[C@H]2CC[C@@H]1C2. The van der Waals surface area contributed by atoms with E-state index in [1.54, 1.807) is 13.0 Å². The molecule has 2 bridgehead atoms. The summed E-state index contributed by atoms with van der Waals surface area (Å²) in [7, 11) is 0. The number of hydrogen-bond donors (Lipinski definition) is 1. The molecule has 1 aromatic heterocycles. The first kappa shape index (κ1) is 21.6. The number of anilines is 1. The lowest BCUT2D eigenvalue weighted by molar-refractivity contribution is -0.148. The van der Waals surface area contributed by atoms with E-state index in [-0.39, 0.29) is 19.2 Å². The molecule has 7 heteroatoms. The molecule has 1 aromatic carbocycles. The first-order chi connectivity index (χ1) is 15.0. The number of esters is 2. The number of amides is 1. The van der Waals surface area contributed by atoms with Crippen LogP contribution < -0.4 is 5.32 Å². The van der Waals surface area contributed by atoms with Gasteiger partial charge in [0.15, 0.2) is 6.61 Å². The minimum atomic E-state index is -0.488. The van der Waals surface area contributed by atoms with Crippen molar-refractivity contribution in [1.29, 1.82) is 0 Å². The normalized spacial score (nSPS) is 21.6. The molecular weight excluding hydrogens is 414 g/mol. The third-order valence-electron chi connectivity index (χ3n) is 6.20. The number of nitrogens with one attached hydrogen (secondary N) is 1. The van der Waals surface area contributed by atoms with E-state index in [0.717, 1.165) is 22.8 Å². The molecule has 4 rings (SSSR count). The highest BCUT2D eigenvalue weighted by atomic mass is 32.1. The molecule has 2 aliphatic carbocycles. The second kappa shape index (κ2) is 9.64. The van der Waals surface area contributed by atoms with E-state index in [4.69, 9.17) is 9.47 Å². The van der Waals surface area contributed by atoms with Crippen molar-refractivity contribution in [3.8, 4) is 10.4 Å². The molecule has 0 unspecified atom stereocenters. The van der Waals surface area contributed by atoms with Crippen LogP contribution in [0.1, 0.15) is 48.7 Å². The van der Waals surface area contributed by atoms with Crippen molar-refractivity contribution in [2.75, 3.05) is 18.5 Å². The Labute approximate surface area is 185 Å². The van der Waals surface area contributed by atoms with Gasteiger partial charge in [-0.1, -0.05) is 36.8 Å². The summed E-state index contributed by atoms with van der Waals surface area (Å²) in [4.78, 5) is 38.2. The van der Waals surface area contributed by atoms with Crippen molar-refractivity contribution < 1.29 is 23.9 Å². The minimum absolute atomic E-state index is 0.241. The van der Waals surface area contributed by atoms with Gasteiger partial charge in [-0.2, -0.15) is 0 Å². The summed E-state index contributed by atoms with van der Waals surface area (Å²) < 4.78 is 10.4. The van der Waals surface area contributed by atoms with Gasteiger partial charge < -0.3 is 14.8 Å². The van der Waals surface area contributed by atoms with E-state index in [0.29, 0.717) is 28.8 Å². The van der Waals surface area contributed by atoms with Gasteiger partial charge in [0, 0.05) is 11.3 Å². The molecule has 2 fully saturated rings. The number of ether oxygens (including phenoxy) is 2. The lowest BCUT2D eigenvalue weighted by Crippen LogP contribution is -2.23. The second-order valence-corrected chi connectivity index (χ2v) is 9.34. The third kappa shape index (κ3) is 5.15. The Kier molecular flexibility index (Phi) is 6.70. The summed E-state index contributed by atoms with van der Waals surface area (Å²) in [5.41, 5.74) is 1.31. The summed E-state index contributed by atoms with van der Waals surface area (Å²) in [6, 6.07) is 11.4. The van der Waals surface area contributed by atoms with Crippen molar-refractivity contribution in [3.63, 3.8) is 0 Å². The predicted molar refractivity (Wildman–Crippen MR) is 119 cm³/mol. The molecule has 31 heavy (non-hydrogen) atoms. The van der Waals surface area contributed by atoms with Crippen LogP contribution in [-0.4, -0.2) is 31.1 Å². The smallest absolute Gasteiger partial charge is 0.350 e. The van der Waals surface area contributed by atoms with E-state index in [2.05, 4.69) is 5.32 Å². The Morgan fingerprint density at radius 1 is 1.10 bits per heavy atom. The third-order valence-corrected chi connectivity index (χ3v) is 7.37. The largest absolute Gasteiger partial charge is 0.462 e. The Bertz CT molecular complexity index is 954. The molecule has 164 valence electrons. The fraction of sp³-hybridized carbons (Fsp3) is 0.458. The average molecular weight is 442 g/mol. The Balaban J connectivity index is 1.36. The first-order valence-electron chi connectivity index (χ1n) is 10.8. The number of carbonyl (C=O) groups is 3. The van der Waals surface area contributed by atoms with Crippen LogP contribution in [0.4, 0.5) is 5.69 Å². The van der Waals surface area contributed by atoms with Crippen molar-refractivity contribution in [3.05, 3.63) is 41.3 Å². The van der Waals surface area contributed by atoms with Crippen molar-refractivity contribution >= 4 is 34.9 Å².